The van der Waals surface area contributed by atoms with Crippen LogP contribution in [0, 0.1) is 50.7 Å². The van der Waals surface area contributed by atoms with E-state index in [4.69, 9.17) is 4.74 Å². The van der Waals surface area contributed by atoms with Crippen LogP contribution >= 0.6 is 0 Å². The molecule has 8 atom stereocenters. The van der Waals surface area contributed by atoms with Crippen LogP contribution in [0.15, 0.2) is 11.6 Å². The predicted molar refractivity (Wildman–Crippen MR) is 147 cm³/mol. The van der Waals surface area contributed by atoms with Crippen molar-refractivity contribution in [3.05, 3.63) is 11.6 Å². The average Bonchev–Trinajstić information content (AvgIpc) is 3.05. The Morgan fingerprint density at radius 2 is 1.66 bits per heavy atom. The maximum Gasteiger partial charge on any atom is 0.138 e. The van der Waals surface area contributed by atoms with Crippen molar-refractivity contribution in [1.29, 1.82) is 0 Å². The Hall–Kier alpha value is -0.630. The number of allylic oxidation sites excluding steroid dienone is 2. The molecule has 200 valence electrons. The molecule has 0 amide bonds. The van der Waals surface area contributed by atoms with Crippen molar-refractivity contribution in [2.75, 3.05) is 7.11 Å². The summed E-state index contributed by atoms with van der Waals surface area (Å²) in [5, 5.41) is 0. The highest BCUT2D eigenvalue weighted by atomic mass is 16.5. The molecule has 35 heavy (non-hydrogen) atoms. The fraction of sp³-hybridized carbons (Fsp3) is 0.909. The highest BCUT2D eigenvalue weighted by Gasteiger charge is 2.65. The largest absolute Gasteiger partial charge is 0.378 e. The molecule has 0 unspecified atom stereocenters. The molecule has 0 aliphatic heterocycles. The molecule has 0 saturated heterocycles. The highest BCUT2D eigenvalue weighted by Crippen LogP contribution is 2.73. The van der Waals surface area contributed by atoms with Crippen LogP contribution in [0.4, 0.5) is 0 Å². The number of hydrogen-bond acceptors (Lipinski definition) is 2. The van der Waals surface area contributed by atoms with Crippen molar-refractivity contribution in [2.45, 2.75) is 133 Å². The summed E-state index contributed by atoms with van der Waals surface area (Å²) in [5.41, 5.74) is 2.60. The first kappa shape index (κ1) is 27.4. The Labute approximate surface area is 217 Å². The van der Waals surface area contributed by atoms with E-state index in [2.05, 4.69) is 75.3 Å². The summed E-state index contributed by atoms with van der Waals surface area (Å²) in [5.74, 6) is 3.20. The minimum absolute atomic E-state index is 0.0814. The SMILES string of the molecule is CO[C@@](C)(CC[C@@H](C)[C@H]1CC[C@@]2(C)[C@@H]3CC[C@H]4C(C)(C)C(=O)CC[C@]4(C)C3=CC[C@]12C)C(C)(C)C. The van der Waals surface area contributed by atoms with Crippen LogP contribution in [0.2, 0.25) is 0 Å². The molecule has 0 aromatic carbocycles. The maximum absolute atomic E-state index is 12.9. The summed E-state index contributed by atoms with van der Waals surface area (Å²) < 4.78 is 6.09. The topological polar surface area (TPSA) is 26.3 Å². The monoisotopic (exact) mass is 484 g/mol. The van der Waals surface area contributed by atoms with Gasteiger partial charge in [0.2, 0.25) is 0 Å². The molecular weight excluding hydrogens is 428 g/mol. The molecule has 0 aromatic rings. The quantitative estimate of drug-likeness (QED) is 0.364. The lowest BCUT2D eigenvalue weighted by molar-refractivity contribution is -0.142. The first-order valence-corrected chi connectivity index (χ1v) is 14.8. The van der Waals surface area contributed by atoms with Gasteiger partial charge in [-0.15, -0.1) is 0 Å². The molecule has 0 spiro atoms. The van der Waals surface area contributed by atoms with Gasteiger partial charge in [-0.05, 0) is 104 Å². The van der Waals surface area contributed by atoms with E-state index >= 15 is 0 Å². The summed E-state index contributed by atoms with van der Waals surface area (Å²) >= 11 is 0. The van der Waals surface area contributed by atoms with Crippen LogP contribution in [0.1, 0.15) is 127 Å². The molecule has 0 heterocycles. The smallest absolute Gasteiger partial charge is 0.138 e. The van der Waals surface area contributed by atoms with Crippen LogP contribution < -0.4 is 0 Å². The third kappa shape index (κ3) is 3.77. The number of ether oxygens (including phenoxy) is 1. The van der Waals surface area contributed by atoms with Crippen molar-refractivity contribution >= 4 is 5.78 Å². The fourth-order valence-electron chi connectivity index (χ4n) is 9.97. The number of Topliss-reactive ketones (excluding diaryl/α,β-unsaturated/α-hetero) is 1. The van der Waals surface area contributed by atoms with Gasteiger partial charge >= 0.3 is 0 Å². The van der Waals surface area contributed by atoms with Gasteiger partial charge in [-0.1, -0.05) is 74.0 Å². The van der Waals surface area contributed by atoms with Gasteiger partial charge in [0.05, 0.1) is 5.60 Å². The molecule has 4 rings (SSSR count). The number of carbonyl (C=O) groups excluding carboxylic acids is 1. The van der Waals surface area contributed by atoms with E-state index in [0.717, 1.165) is 25.2 Å². The van der Waals surface area contributed by atoms with E-state index in [1.165, 1.54) is 38.5 Å². The number of rotatable bonds is 5. The van der Waals surface area contributed by atoms with Gasteiger partial charge in [-0.25, -0.2) is 0 Å². The van der Waals surface area contributed by atoms with Gasteiger partial charge < -0.3 is 4.74 Å². The highest BCUT2D eigenvalue weighted by molar-refractivity contribution is 5.85. The van der Waals surface area contributed by atoms with Crippen LogP contribution in [-0.4, -0.2) is 18.5 Å². The summed E-state index contributed by atoms with van der Waals surface area (Å²) in [6, 6.07) is 0. The lowest BCUT2D eigenvalue weighted by atomic mass is 9.41. The summed E-state index contributed by atoms with van der Waals surface area (Å²) in [7, 11) is 1.90. The molecular formula is C33H56O2. The molecule has 4 aliphatic rings. The zero-order valence-corrected chi connectivity index (χ0v) is 25.1. The Morgan fingerprint density at radius 1 is 1.00 bits per heavy atom. The van der Waals surface area contributed by atoms with E-state index in [1.807, 2.05) is 7.11 Å². The molecule has 4 aliphatic carbocycles. The molecule has 2 nitrogen and oxygen atoms in total. The summed E-state index contributed by atoms with van der Waals surface area (Å²) in [6.45, 7) is 24.1. The molecule has 3 fully saturated rings. The van der Waals surface area contributed by atoms with E-state index in [9.17, 15) is 4.79 Å². The van der Waals surface area contributed by atoms with E-state index in [0.29, 0.717) is 34.4 Å². The molecule has 0 N–H and O–H groups in total. The maximum atomic E-state index is 12.9. The Kier molecular flexibility index (Phi) is 6.61. The minimum atomic E-state index is -0.172. The van der Waals surface area contributed by atoms with Crippen molar-refractivity contribution in [2.24, 2.45) is 50.7 Å². The van der Waals surface area contributed by atoms with Gasteiger partial charge in [0.15, 0.2) is 0 Å². The predicted octanol–water partition coefficient (Wildman–Crippen LogP) is 9.03. The first-order chi connectivity index (χ1) is 16.0. The number of fused-ring (bicyclic) bond motifs is 5. The van der Waals surface area contributed by atoms with Crippen LogP contribution in [0.5, 0.6) is 0 Å². The zero-order chi connectivity index (χ0) is 26.2. The van der Waals surface area contributed by atoms with Gasteiger partial charge in [-0.3, -0.25) is 4.79 Å². The van der Waals surface area contributed by atoms with Gasteiger partial charge in [-0.2, -0.15) is 0 Å². The molecule has 2 heteroatoms. The lowest BCUT2D eigenvalue weighted by Gasteiger charge is -2.63. The normalized spacial score (nSPS) is 43.5. The third-order valence-electron chi connectivity index (χ3n) is 13.4. The molecule has 3 saturated carbocycles. The van der Waals surface area contributed by atoms with Gasteiger partial charge in [0.1, 0.15) is 5.78 Å². The number of carbonyl (C=O) groups is 1. The number of ketones is 1. The summed E-state index contributed by atoms with van der Waals surface area (Å²) in [6.07, 6.45) is 13.4. The number of hydrogen-bond donors (Lipinski definition) is 0. The third-order valence-corrected chi connectivity index (χ3v) is 13.4. The molecule has 0 aromatic heterocycles. The van der Waals surface area contributed by atoms with Crippen LogP contribution in [-0.2, 0) is 9.53 Å². The van der Waals surface area contributed by atoms with Crippen molar-refractivity contribution < 1.29 is 9.53 Å². The van der Waals surface area contributed by atoms with E-state index in [1.54, 1.807) is 5.57 Å². The van der Waals surface area contributed by atoms with E-state index < -0.39 is 0 Å². The first-order valence-electron chi connectivity index (χ1n) is 14.8. The van der Waals surface area contributed by atoms with E-state index in [-0.39, 0.29) is 21.8 Å². The van der Waals surface area contributed by atoms with Crippen molar-refractivity contribution in [3.63, 3.8) is 0 Å². The Bertz CT molecular complexity index is 876. The minimum Gasteiger partial charge on any atom is -0.378 e. The second-order valence-electron chi connectivity index (χ2n) is 15.8. The van der Waals surface area contributed by atoms with Gasteiger partial charge in [0, 0.05) is 18.9 Å². The molecule has 0 bridgehead atoms. The van der Waals surface area contributed by atoms with Crippen LogP contribution in [0.25, 0.3) is 0 Å². The second kappa shape index (κ2) is 8.44. The number of methoxy groups -OCH3 is 1. The second-order valence-corrected chi connectivity index (χ2v) is 15.8. The van der Waals surface area contributed by atoms with Crippen molar-refractivity contribution in [3.8, 4) is 0 Å². The van der Waals surface area contributed by atoms with Gasteiger partial charge in [0.25, 0.3) is 0 Å². The fourth-order valence-corrected chi connectivity index (χ4v) is 9.97. The zero-order valence-electron chi connectivity index (χ0n) is 25.1. The van der Waals surface area contributed by atoms with Crippen molar-refractivity contribution in [1.82, 2.24) is 0 Å². The van der Waals surface area contributed by atoms with Crippen LogP contribution in [0.3, 0.4) is 0 Å². The summed E-state index contributed by atoms with van der Waals surface area (Å²) in [4.78, 5) is 12.9. The Balaban J connectivity index is 1.59. The lowest BCUT2D eigenvalue weighted by Crippen LogP contribution is -2.56. The standard InChI is InChI=1S/C33H56O2/c1-22(14-21-33(10,35-11)28(2,3)4)23-15-19-32(9)25-12-13-26-29(5,6)27(34)17-18-30(26,7)24(25)16-20-31(23,32)8/h16,22-23,25-26H,12-15,17-21H2,1-11H3/t22-,23-,25-,26+,30-,31-,32+,33+/m1/s1. The average molecular weight is 485 g/mol. The molecule has 0 radical (unpaired) electrons. The Morgan fingerprint density at radius 3 is 2.26 bits per heavy atom.